The monoisotopic (exact) mass is 273 g/mol. The lowest BCUT2D eigenvalue weighted by Crippen LogP contribution is -2.44. The summed E-state index contributed by atoms with van der Waals surface area (Å²) in [6.45, 7) is 4.41. The average Bonchev–Trinajstić information content (AvgIpc) is 2.98. The van der Waals surface area contributed by atoms with Crippen LogP contribution in [0.2, 0.25) is 0 Å². The molecule has 0 saturated carbocycles. The van der Waals surface area contributed by atoms with Crippen molar-refractivity contribution in [1.29, 1.82) is 0 Å². The SMILES string of the molecule is CN1CCN(c2noc(-c3cccc(CN)c3)n2)CC1. The van der Waals surface area contributed by atoms with Gasteiger partial charge in [-0.25, -0.2) is 0 Å². The predicted molar refractivity (Wildman–Crippen MR) is 77.3 cm³/mol. The zero-order valence-electron chi connectivity index (χ0n) is 11.6. The van der Waals surface area contributed by atoms with Crippen LogP contribution in [-0.4, -0.2) is 48.3 Å². The fraction of sp³-hybridized carbons (Fsp3) is 0.429. The minimum Gasteiger partial charge on any atom is -0.336 e. The lowest BCUT2D eigenvalue weighted by Gasteiger charge is -2.31. The number of benzene rings is 1. The summed E-state index contributed by atoms with van der Waals surface area (Å²) >= 11 is 0. The first-order valence-corrected chi connectivity index (χ1v) is 6.83. The molecule has 1 aliphatic heterocycles. The second kappa shape index (κ2) is 5.60. The molecule has 2 N–H and O–H groups in total. The Kier molecular flexibility index (Phi) is 3.66. The van der Waals surface area contributed by atoms with E-state index in [2.05, 4.69) is 27.0 Å². The zero-order chi connectivity index (χ0) is 13.9. The molecule has 0 radical (unpaired) electrons. The predicted octanol–water partition coefficient (Wildman–Crippen LogP) is 0.947. The third kappa shape index (κ3) is 2.66. The Labute approximate surface area is 118 Å². The summed E-state index contributed by atoms with van der Waals surface area (Å²) in [7, 11) is 2.12. The van der Waals surface area contributed by atoms with Gasteiger partial charge in [-0.2, -0.15) is 4.98 Å². The Morgan fingerprint density at radius 3 is 2.80 bits per heavy atom. The van der Waals surface area contributed by atoms with Crippen molar-refractivity contribution in [2.24, 2.45) is 5.73 Å². The Morgan fingerprint density at radius 1 is 1.25 bits per heavy atom. The quantitative estimate of drug-likeness (QED) is 0.897. The molecule has 0 atom stereocenters. The van der Waals surface area contributed by atoms with Crippen LogP contribution in [0.15, 0.2) is 28.8 Å². The number of aromatic nitrogens is 2. The molecule has 0 unspecified atom stereocenters. The van der Waals surface area contributed by atoms with Crippen LogP contribution in [0.4, 0.5) is 5.95 Å². The van der Waals surface area contributed by atoms with Gasteiger partial charge in [-0.3, -0.25) is 0 Å². The van der Waals surface area contributed by atoms with Crippen molar-refractivity contribution < 1.29 is 4.52 Å². The van der Waals surface area contributed by atoms with Gasteiger partial charge in [0.05, 0.1) is 0 Å². The van der Waals surface area contributed by atoms with Crippen LogP contribution in [0.25, 0.3) is 11.5 Å². The van der Waals surface area contributed by atoms with E-state index in [-0.39, 0.29) is 0 Å². The van der Waals surface area contributed by atoms with E-state index < -0.39 is 0 Å². The van der Waals surface area contributed by atoms with Crippen LogP contribution in [0.1, 0.15) is 5.56 Å². The van der Waals surface area contributed by atoms with Gasteiger partial charge in [-0.05, 0) is 29.9 Å². The van der Waals surface area contributed by atoms with E-state index in [1.807, 2.05) is 24.3 Å². The summed E-state index contributed by atoms with van der Waals surface area (Å²) in [4.78, 5) is 8.94. The Bertz CT molecular complexity index is 574. The van der Waals surface area contributed by atoms with E-state index in [1.165, 1.54) is 0 Å². The van der Waals surface area contributed by atoms with Crippen molar-refractivity contribution in [3.05, 3.63) is 29.8 Å². The molecule has 0 aliphatic carbocycles. The van der Waals surface area contributed by atoms with E-state index in [1.54, 1.807) is 0 Å². The van der Waals surface area contributed by atoms with E-state index in [9.17, 15) is 0 Å². The van der Waals surface area contributed by atoms with Gasteiger partial charge in [-0.1, -0.05) is 12.1 Å². The van der Waals surface area contributed by atoms with Crippen LogP contribution in [0.5, 0.6) is 0 Å². The molecule has 6 heteroatoms. The molecule has 1 aromatic carbocycles. The minimum absolute atomic E-state index is 0.507. The van der Waals surface area contributed by atoms with E-state index in [0.717, 1.165) is 37.3 Å². The number of hydrogen-bond donors (Lipinski definition) is 1. The first-order chi connectivity index (χ1) is 9.76. The highest BCUT2D eigenvalue weighted by molar-refractivity contribution is 5.55. The largest absolute Gasteiger partial charge is 0.336 e. The first-order valence-electron chi connectivity index (χ1n) is 6.83. The number of anilines is 1. The molecule has 106 valence electrons. The molecular weight excluding hydrogens is 254 g/mol. The Hall–Kier alpha value is -1.92. The molecule has 3 rings (SSSR count). The summed E-state index contributed by atoms with van der Waals surface area (Å²) in [6.07, 6.45) is 0. The van der Waals surface area contributed by atoms with Gasteiger partial charge in [0, 0.05) is 38.3 Å². The van der Waals surface area contributed by atoms with Crippen LogP contribution >= 0.6 is 0 Å². The number of nitrogens with two attached hydrogens (primary N) is 1. The summed E-state index contributed by atoms with van der Waals surface area (Å²) in [6, 6.07) is 7.89. The van der Waals surface area contributed by atoms with Crippen molar-refractivity contribution >= 4 is 5.95 Å². The summed E-state index contributed by atoms with van der Waals surface area (Å²) < 4.78 is 5.37. The molecule has 6 nitrogen and oxygen atoms in total. The van der Waals surface area contributed by atoms with E-state index in [4.69, 9.17) is 10.3 Å². The maximum absolute atomic E-state index is 5.65. The van der Waals surface area contributed by atoms with Crippen LogP contribution in [0.3, 0.4) is 0 Å². The lowest BCUT2D eigenvalue weighted by molar-refractivity contribution is 0.309. The fourth-order valence-corrected chi connectivity index (χ4v) is 2.30. The van der Waals surface area contributed by atoms with Crippen molar-refractivity contribution in [1.82, 2.24) is 15.0 Å². The first kappa shape index (κ1) is 13.1. The molecule has 1 aliphatic rings. The van der Waals surface area contributed by atoms with Gasteiger partial charge < -0.3 is 20.1 Å². The second-order valence-electron chi connectivity index (χ2n) is 5.09. The van der Waals surface area contributed by atoms with E-state index in [0.29, 0.717) is 18.4 Å². The van der Waals surface area contributed by atoms with Crippen LogP contribution < -0.4 is 10.6 Å². The third-order valence-electron chi connectivity index (χ3n) is 3.61. The molecule has 0 bridgehead atoms. The Morgan fingerprint density at radius 2 is 2.05 bits per heavy atom. The number of piperazine rings is 1. The highest BCUT2D eigenvalue weighted by atomic mass is 16.5. The molecule has 2 heterocycles. The van der Waals surface area contributed by atoms with Gasteiger partial charge in [-0.15, -0.1) is 0 Å². The molecule has 0 spiro atoms. The van der Waals surface area contributed by atoms with Crippen molar-refractivity contribution in [3.63, 3.8) is 0 Å². The van der Waals surface area contributed by atoms with Crippen LogP contribution in [0, 0.1) is 0 Å². The lowest BCUT2D eigenvalue weighted by atomic mass is 10.1. The molecular formula is C14H19N5O. The van der Waals surface area contributed by atoms with Gasteiger partial charge >= 0.3 is 0 Å². The molecule has 0 amide bonds. The highest BCUT2D eigenvalue weighted by Crippen LogP contribution is 2.21. The number of hydrogen-bond acceptors (Lipinski definition) is 6. The molecule has 1 fully saturated rings. The van der Waals surface area contributed by atoms with Gasteiger partial charge in [0.1, 0.15) is 0 Å². The minimum atomic E-state index is 0.507. The number of nitrogens with zero attached hydrogens (tertiary/aromatic N) is 4. The number of rotatable bonds is 3. The van der Waals surface area contributed by atoms with Crippen LogP contribution in [-0.2, 0) is 6.54 Å². The maximum Gasteiger partial charge on any atom is 0.266 e. The van der Waals surface area contributed by atoms with Gasteiger partial charge in [0.2, 0.25) is 0 Å². The van der Waals surface area contributed by atoms with Gasteiger partial charge in [0.15, 0.2) is 0 Å². The summed E-state index contributed by atoms with van der Waals surface area (Å²) in [5.41, 5.74) is 7.63. The molecule has 20 heavy (non-hydrogen) atoms. The molecule has 1 saturated heterocycles. The normalized spacial score (nSPS) is 16.6. The number of likely N-dealkylation sites (N-methyl/N-ethyl adjacent to an activating group) is 1. The standard InChI is InChI=1S/C14H19N5O/c1-18-5-7-19(8-6-18)14-16-13(20-17-14)12-4-2-3-11(9-12)10-15/h2-4,9H,5-8,10,15H2,1H3. The smallest absolute Gasteiger partial charge is 0.266 e. The fourth-order valence-electron chi connectivity index (χ4n) is 2.30. The summed E-state index contributed by atoms with van der Waals surface area (Å²) in [5.74, 6) is 1.22. The highest BCUT2D eigenvalue weighted by Gasteiger charge is 2.19. The van der Waals surface area contributed by atoms with Crippen molar-refractivity contribution in [2.75, 3.05) is 38.1 Å². The van der Waals surface area contributed by atoms with Gasteiger partial charge in [0.25, 0.3) is 11.8 Å². The topological polar surface area (TPSA) is 71.4 Å². The van der Waals surface area contributed by atoms with E-state index >= 15 is 0 Å². The summed E-state index contributed by atoms with van der Waals surface area (Å²) in [5, 5.41) is 4.09. The Balaban J connectivity index is 1.79. The molecule has 1 aromatic heterocycles. The second-order valence-corrected chi connectivity index (χ2v) is 5.09. The molecule has 2 aromatic rings. The maximum atomic E-state index is 5.65. The zero-order valence-corrected chi connectivity index (χ0v) is 11.6. The third-order valence-corrected chi connectivity index (χ3v) is 3.61. The average molecular weight is 273 g/mol. The van der Waals surface area contributed by atoms with Crippen molar-refractivity contribution in [2.45, 2.75) is 6.54 Å². The van der Waals surface area contributed by atoms with Crippen molar-refractivity contribution in [3.8, 4) is 11.5 Å².